The highest BCUT2D eigenvalue weighted by Crippen LogP contribution is 2.29. The van der Waals surface area contributed by atoms with E-state index >= 15 is 0 Å². The van der Waals surface area contributed by atoms with Crippen molar-refractivity contribution in [2.75, 3.05) is 0 Å². The number of rotatable bonds is 6. The summed E-state index contributed by atoms with van der Waals surface area (Å²) >= 11 is 0. The van der Waals surface area contributed by atoms with E-state index < -0.39 is 11.7 Å². The van der Waals surface area contributed by atoms with Crippen LogP contribution >= 0.6 is 0 Å². The van der Waals surface area contributed by atoms with Crippen LogP contribution in [0.15, 0.2) is 0 Å². The van der Waals surface area contributed by atoms with Crippen LogP contribution in [0.4, 0.5) is 4.79 Å². The molecule has 1 aliphatic carbocycles. The number of nitrogens with one attached hydrogen (secondary N) is 2. The number of alkyl carbamates (subject to hydrolysis) is 1. The van der Waals surface area contributed by atoms with Gasteiger partial charge in [-0.25, -0.2) is 4.79 Å². The van der Waals surface area contributed by atoms with E-state index in [9.17, 15) is 9.59 Å². The van der Waals surface area contributed by atoms with Crippen molar-refractivity contribution in [3.05, 3.63) is 0 Å². The van der Waals surface area contributed by atoms with E-state index in [0.29, 0.717) is 6.42 Å². The monoisotopic (exact) mass is 298 g/mol. The largest absolute Gasteiger partial charge is 0.444 e. The van der Waals surface area contributed by atoms with E-state index in [1.54, 1.807) is 0 Å². The van der Waals surface area contributed by atoms with Gasteiger partial charge < -0.3 is 15.4 Å². The fourth-order valence-corrected chi connectivity index (χ4v) is 1.98. The van der Waals surface area contributed by atoms with Crippen molar-refractivity contribution in [3.63, 3.8) is 0 Å². The van der Waals surface area contributed by atoms with Crippen LogP contribution in [0.3, 0.4) is 0 Å². The average molecular weight is 298 g/mol. The number of hydrogen-bond acceptors (Lipinski definition) is 3. The Morgan fingerprint density at radius 3 is 2.24 bits per heavy atom. The summed E-state index contributed by atoms with van der Waals surface area (Å²) in [4.78, 5) is 23.5. The zero-order valence-corrected chi connectivity index (χ0v) is 14.2. The third-order valence-corrected chi connectivity index (χ3v) is 3.36. The van der Waals surface area contributed by atoms with Crippen LogP contribution in [0.2, 0.25) is 0 Å². The zero-order chi connectivity index (χ0) is 16.3. The summed E-state index contributed by atoms with van der Waals surface area (Å²) in [5.74, 6) is 0.390. The molecular weight excluding hydrogens is 268 g/mol. The standard InChI is InChI=1S/C16H30N2O3/c1-11(17-13(19)12-7-8-12)9-10-16(5,6)21-14(20)18-15(2,3)4/h11-12H,7-10H2,1-6H3,(H,17,19)(H,18,20). The third kappa shape index (κ3) is 7.93. The Labute approximate surface area is 128 Å². The molecule has 1 unspecified atom stereocenters. The van der Waals surface area contributed by atoms with Crippen LogP contribution in [-0.2, 0) is 9.53 Å². The number of hydrogen-bond donors (Lipinski definition) is 2. The zero-order valence-electron chi connectivity index (χ0n) is 14.2. The second-order valence-corrected chi connectivity index (χ2v) is 7.75. The van der Waals surface area contributed by atoms with Crippen LogP contribution in [0.25, 0.3) is 0 Å². The van der Waals surface area contributed by atoms with Crippen LogP contribution in [0, 0.1) is 5.92 Å². The molecule has 1 rings (SSSR count). The third-order valence-electron chi connectivity index (χ3n) is 3.36. The highest BCUT2D eigenvalue weighted by Gasteiger charge is 2.31. The van der Waals surface area contributed by atoms with Crippen molar-refractivity contribution in [3.8, 4) is 0 Å². The molecule has 1 fully saturated rings. The molecule has 0 aromatic rings. The van der Waals surface area contributed by atoms with Gasteiger partial charge in [-0.1, -0.05) is 0 Å². The highest BCUT2D eigenvalue weighted by atomic mass is 16.6. The average Bonchev–Trinajstić information content (AvgIpc) is 3.06. The highest BCUT2D eigenvalue weighted by molar-refractivity contribution is 5.81. The Hall–Kier alpha value is -1.26. The molecule has 2 N–H and O–H groups in total. The first-order chi connectivity index (χ1) is 9.48. The molecule has 0 spiro atoms. The van der Waals surface area contributed by atoms with Gasteiger partial charge in [0, 0.05) is 17.5 Å². The van der Waals surface area contributed by atoms with Gasteiger partial charge >= 0.3 is 6.09 Å². The number of carbonyl (C=O) groups is 2. The van der Waals surface area contributed by atoms with Gasteiger partial charge in [-0.15, -0.1) is 0 Å². The maximum Gasteiger partial charge on any atom is 0.408 e. The molecule has 0 aromatic carbocycles. The topological polar surface area (TPSA) is 67.4 Å². The fraction of sp³-hybridized carbons (Fsp3) is 0.875. The summed E-state index contributed by atoms with van der Waals surface area (Å²) in [5, 5.41) is 5.80. The van der Waals surface area contributed by atoms with Gasteiger partial charge in [0.25, 0.3) is 0 Å². The first kappa shape index (κ1) is 17.8. The van der Waals surface area contributed by atoms with E-state index in [1.165, 1.54) is 0 Å². The number of amides is 2. The minimum Gasteiger partial charge on any atom is -0.444 e. The first-order valence-electron chi connectivity index (χ1n) is 7.80. The lowest BCUT2D eigenvalue weighted by atomic mass is 9.99. The smallest absolute Gasteiger partial charge is 0.408 e. The lowest BCUT2D eigenvalue weighted by molar-refractivity contribution is -0.123. The molecule has 0 aliphatic heterocycles. The molecule has 0 bridgehead atoms. The van der Waals surface area contributed by atoms with Crippen molar-refractivity contribution < 1.29 is 14.3 Å². The second-order valence-electron chi connectivity index (χ2n) is 7.75. The van der Waals surface area contributed by atoms with E-state index in [1.807, 2.05) is 41.5 Å². The predicted molar refractivity (Wildman–Crippen MR) is 83.0 cm³/mol. The van der Waals surface area contributed by atoms with E-state index in [-0.39, 0.29) is 23.4 Å². The maximum atomic E-state index is 11.8. The van der Waals surface area contributed by atoms with Gasteiger partial charge in [-0.3, -0.25) is 4.79 Å². The van der Waals surface area contributed by atoms with Gasteiger partial charge in [0.1, 0.15) is 5.60 Å². The number of ether oxygens (including phenoxy) is 1. The molecule has 0 heterocycles. The summed E-state index contributed by atoms with van der Waals surface area (Å²) in [6.07, 6.45) is 3.12. The molecule has 5 nitrogen and oxygen atoms in total. The minimum absolute atomic E-state index is 0.103. The fourth-order valence-electron chi connectivity index (χ4n) is 1.98. The first-order valence-corrected chi connectivity index (χ1v) is 7.80. The van der Waals surface area contributed by atoms with E-state index in [0.717, 1.165) is 19.3 Å². The Balaban J connectivity index is 2.30. The Kier molecular flexibility index (Phi) is 5.65. The molecule has 122 valence electrons. The molecule has 1 atom stereocenters. The quantitative estimate of drug-likeness (QED) is 0.792. The van der Waals surface area contributed by atoms with Crippen molar-refractivity contribution in [2.24, 2.45) is 5.92 Å². The molecule has 21 heavy (non-hydrogen) atoms. The summed E-state index contributed by atoms with van der Waals surface area (Å²) in [7, 11) is 0. The van der Waals surface area contributed by atoms with Gasteiger partial charge in [-0.05, 0) is 67.2 Å². The van der Waals surface area contributed by atoms with Gasteiger partial charge in [0.2, 0.25) is 5.91 Å². The Bertz CT molecular complexity index is 381. The minimum atomic E-state index is -0.548. The second kappa shape index (κ2) is 6.67. The van der Waals surface area contributed by atoms with Crippen molar-refractivity contribution in [2.45, 2.75) is 84.4 Å². The van der Waals surface area contributed by atoms with Crippen LogP contribution in [0.1, 0.15) is 67.2 Å². The van der Waals surface area contributed by atoms with Crippen molar-refractivity contribution >= 4 is 12.0 Å². The van der Waals surface area contributed by atoms with E-state index in [2.05, 4.69) is 10.6 Å². The molecule has 0 radical (unpaired) electrons. The summed E-state index contributed by atoms with van der Waals surface area (Å²) in [6, 6.07) is 0.103. The van der Waals surface area contributed by atoms with Crippen LogP contribution in [-0.4, -0.2) is 29.2 Å². The van der Waals surface area contributed by atoms with Gasteiger partial charge in [0.05, 0.1) is 0 Å². The lowest BCUT2D eigenvalue weighted by Gasteiger charge is -2.29. The molecule has 1 aliphatic rings. The summed E-state index contributed by atoms with van der Waals surface area (Å²) in [5.41, 5.74) is -0.855. The number of carbonyl (C=O) groups excluding carboxylic acids is 2. The molecule has 1 saturated carbocycles. The van der Waals surface area contributed by atoms with Gasteiger partial charge in [0.15, 0.2) is 0 Å². The van der Waals surface area contributed by atoms with Crippen LogP contribution < -0.4 is 10.6 Å². The predicted octanol–water partition coefficient (Wildman–Crippen LogP) is 2.98. The normalized spacial score (nSPS) is 17.0. The maximum absolute atomic E-state index is 11.8. The van der Waals surface area contributed by atoms with E-state index in [4.69, 9.17) is 4.74 Å². The summed E-state index contributed by atoms with van der Waals surface area (Å²) in [6.45, 7) is 11.5. The molecule has 0 aromatic heterocycles. The Morgan fingerprint density at radius 1 is 1.19 bits per heavy atom. The molecule has 2 amide bonds. The SMILES string of the molecule is CC(CCC(C)(C)OC(=O)NC(C)(C)C)NC(=O)C1CC1. The van der Waals surface area contributed by atoms with Crippen molar-refractivity contribution in [1.82, 2.24) is 10.6 Å². The Morgan fingerprint density at radius 2 is 1.76 bits per heavy atom. The summed E-state index contributed by atoms with van der Waals surface area (Å²) < 4.78 is 5.47. The molecule has 5 heteroatoms. The van der Waals surface area contributed by atoms with Crippen molar-refractivity contribution in [1.29, 1.82) is 0 Å². The lowest BCUT2D eigenvalue weighted by Crippen LogP contribution is -2.44. The molecule has 0 saturated heterocycles. The van der Waals surface area contributed by atoms with Gasteiger partial charge in [-0.2, -0.15) is 0 Å². The van der Waals surface area contributed by atoms with Crippen LogP contribution in [0.5, 0.6) is 0 Å². The molecular formula is C16H30N2O3.